The molecule has 0 bridgehead atoms. The van der Waals surface area contributed by atoms with E-state index in [4.69, 9.17) is 4.65 Å². The molecule has 0 N–H and O–H groups in total. The van der Waals surface area contributed by atoms with Gasteiger partial charge in [-0.2, -0.15) is 0 Å². The minimum absolute atomic E-state index is 0.184. The molecule has 0 aromatic heterocycles. The topological polar surface area (TPSA) is 15.7 Å². The maximum Gasteiger partial charge on any atom is 0.452 e. The lowest BCUT2D eigenvalue weighted by molar-refractivity contribution is 0.329. The molecule has 1 aliphatic rings. The smallest absolute Gasteiger partial charge is 0.409 e. The number of fused-ring (bicyclic) bond motifs is 2. The summed E-state index contributed by atoms with van der Waals surface area (Å²) in [6.07, 6.45) is 0. The van der Waals surface area contributed by atoms with Crippen molar-refractivity contribution in [1.29, 1.82) is 0 Å². The third-order valence-electron chi connectivity index (χ3n) is 4.92. The lowest BCUT2D eigenvalue weighted by Gasteiger charge is -2.27. The van der Waals surface area contributed by atoms with Crippen LogP contribution in [0.4, 0.5) is 15.8 Å². The van der Waals surface area contributed by atoms with Crippen LogP contribution >= 0.6 is 22.6 Å². The first-order valence-electron chi connectivity index (χ1n) is 8.48. The molecule has 0 spiro atoms. The largest absolute Gasteiger partial charge is 0.452 e. The zero-order valence-electron chi connectivity index (χ0n) is 15.0. The number of benzene rings is 3. The Hall–Kier alpha value is -1.80. The van der Waals surface area contributed by atoms with E-state index in [9.17, 15) is 4.39 Å². The molecule has 0 unspecified atom stereocenters. The molecular weight excluding hydrogens is 441 g/mol. The second-order valence-electron chi connectivity index (χ2n) is 6.79. The van der Waals surface area contributed by atoms with E-state index in [0.29, 0.717) is 10.2 Å². The van der Waals surface area contributed by atoms with E-state index in [1.807, 2.05) is 35.7 Å². The molecule has 6 heteroatoms. The molecule has 0 saturated heterocycles. The van der Waals surface area contributed by atoms with Crippen molar-refractivity contribution in [2.45, 2.75) is 6.61 Å². The maximum atomic E-state index is 13.9. The zero-order valence-corrected chi connectivity index (χ0v) is 17.1. The number of nitrogens with zero attached hydrogens (tertiary/aromatic N) is 2. The number of hydrogen-bond donors (Lipinski definition) is 0. The van der Waals surface area contributed by atoms with Gasteiger partial charge in [-0.05, 0) is 70.3 Å². The highest BCUT2D eigenvalue weighted by molar-refractivity contribution is 14.1. The van der Waals surface area contributed by atoms with Crippen LogP contribution in [0.5, 0.6) is 0 Å². The van der Waals surface area contributed by atoms with Crippen LogP contribution in [-0.2, 0) is 11.3 Å². The van der Waals surface area contributed by atoms with Crippen LogP contribution < -0.4 is 15.2 Å². The number of anilines is 2. The Balaban J connectivity index is 1.84. The lowest BCUT2D eigenvalue weighted by Crippen LogP contribution is -2.46. The Morgan fingerprint density at radius 3 is 2.42 bits per heavy atom. The quantitative estimate of drug-likeness (QED) is 0.434. The number of rotatable bonds is 3. The fraction of sp³-hybridized carbons (Fsp3) is 0.200. The first-order chi connectivity index (χ1) is 12.5. The summed E-state index contributed by atoms with van der Waals surface area (Å²) >= 11 is 2.04. The van der Waals surface area contributed by atoms with Gasteiger partial charge >= 0.3 is 7.05 Å². The Labute approximate surface area is 167 Å². The lowest BCUT2D eigenvalue weighted by atomic mass is 9.71. The molecule has 3 nitrogen and oxygen atoms in total. The Morgan fingerprint density at radius 2 is 1.73 bits per heavy atom. The summed E-state index contributed by atoms with van der Waals surface area (Å²) in [6, 6.07) is 16.1. The Morgan fingerprint density at radius 1 is 1.04 bits per heavy atom. The fourth-order valence-electron chi connectivity index (χ4n) is 3.63. The monoisotopic (exact) mass is 460 g/mol. The number of hydrogen-bond acceptors (Lipinski definition) is 3. The summed E-state index contributed by atoms with van der Waals surface area (Å²) in [4.78, 5) is 4.27. The van der Waals surface area contributed by atoms with Gasteiger partial charge in [0.2, 0.25) is 0 Å². The number of halogens is 2. The third kappa shape index (κ3) is 2.85. The van der Waals surface area contributed by atoms with Crippen molar-refractivity contribution in [3.8, 4) is 0 Å². The summed E-state index contributed by atoms with van der Waals surface area (Å²) in [7, 11) is 5.92. The predicted molar refractivity (Wildman–Crippen MR) is 116 cm³/mol. The fourth-order valence-corrected chi connectivity index (χ4v) is 4.12. The van der Waals surface area contributed by atoms with Crippen molar-refractivity contribution in [3.63, 3.8) is 0 Å². The summed E-state index contributed by atoms with van der Waals surface area (Å²) in [6.45, 7) is 0.434. The van der Waals surface area contributed by atoms with Gasteiger partial charge in [0.15, 0.2) is 0 Å². The molecule has 132 valence electrons. The maximum absolute atomic E-state index is 13.9. The van der Waals surface area contributed by atoms with E-state index in [1.165, 1.54) is 10.8 Å². The predicted octanol–water partition coefficient (Wildman–Crippen LogP) is 4.01. The van der Waals surface area contributed by atoms with Gasteiger partial charge in [0, 0.05) is 34.4 Å². The van der Waals surface area contributed by atoms with Gasteiger partial charge in [0.1, 0.15) is 5.82 Å². The average Bonchev–Trinajstić information content (AvgIpc) is 3.03. The van der Waals surface area contributed by atoms with E-state index in [2.05, 4.69) is 60.2 Å². The van der Waals surface area contributed by atoms with E-state index in [0.717, 1.165) is 22.4 Å². The minimum atomic E-state index is -0.222. The summed E-state index contributed by atoms with van der Waals surface area (Å²) in [5.41, 5.74) is 4.23. The standard InChI is InChI=1S/C20H19BFIN2O/c1-24(2)18-8-4-6-13-7-5-9-19(20(13)18)25(3)21-15-11-17(23)16(22)10-14(15)12-26-21/h4-11H,12H2,1-3H3. The molecule has 1 heterocycles. The van der Waals surface area contributed by atoms with Crippen LogP contribution in [-0.4, -0.2) is 28.2 Å². The van der Waals surface area contributed by atoms with E-state index >= 15 is 0 Å². The minimum Gasteiger partial charge on any atom is -0.409 e. The van der Waals surface area contributed by atoms with Gasteiger partial charge in [-0.1, -0.05) is 24.3 Å². The molecule has 0 fully saturated rings. The summed E-state index contributed by atoms with van der Waals surface area (Å²) in [5, 5.41) is 2.38. The van der Waals surface area contributed by atoms with Crippen molar-refractivity contribution < 1.29 is 9.04 Å². The highest BCUT2D eigenvalue weighted by Crippen LogP contribution is 2.35. The van der Waals surface area contributed by atoms with Crippen molar-refractivity contribution >= 4 is 57.3 Å². The average molecular weight is 460 g/mol. The van der Waals surface area contributed by atoms with Crippen LogP contribution in [0.3, 0.4) is 0 Å². The molecule has 0 radical (unpaired) electrons. The van der Waals surface area contributed by atoms with E-state index in [1.54, 1.807) is 6.07 Å². The molecule has 26 heavy (non-hydrogen) atoms. The first-order valence-corrected chi connectivity index (χ1v) is 9.56. The van der Waals surface area contributed by atoms with Crippen LogP contribution in [0, 0.1) is 9.39 Å². The van der Waals surface area contributed by atoms with Crippen molar-refractivity contribution in [3.05, 3.63) is 63.5 Å². The highest BCUT2D eigenvalue weighted by Gasteiger charge is 2.35. The SMILES string of the molecule is CN(C)c1cccc2cccc(N(C)B3OCc4cc(F)c(I)cc43)c12. The van der Waals surface area contributed by atoms with Crippen molar-refractivity contribution in [2.24, 2.45) is 0 Å². The van der Waals surface area contributed by atoms with Crippen molar-refractivity contribution in [1.82, 2.24) is 0 Å². The van der Waals surface area contributed by atoms with E-state index < -0.39 is 0 Å². The normalized spacial score (nSPS) is 13.2. The van der Waals surface area contributed by atoms with Gasteiger partial charge in [0.05, 0.1) is 6.61 Å². The van der Waals surface area contributed by atoms with Crippen LogP contribution in [0.1, 0.15) is 5.56 Å². The molecule has 3 aromatic rings. The first kappa shape index (κ1) is 17.6. The van der Waals surface area contributed by atoms with Gasteiger partial charge < -0.3 is 14.4 Å². The van der Waals surface area contributed by atoms with Gasteiger partial charge in [-0.25, -0.2) is 4.39 Å². The van der Waals surface area contributed by atoms with Crippen molar-refractivity contribution in [2.75, 3.05) is 30.9 Å². The van der Waals surface area contributed by atoms with Crippen LogP contribution in [0.15, 0.2) is 48.5 Å². The summed E-state index contributed by atoms with van der Waals surface area (Å²) in [5.74, 6) is -0.184. The molecular formula is C20H19BFIN2O. The molecule has 3 aromatic carbocycles. The van der Waals surface area contributed by atoms with Gasteiger partial charge in [-0.3, -0.25) is 0 Å². The zero-order chi connectivity index (χ0) is 18.4. The highest BCUT2D eigenvalue weighted by atomic mass is 127. The molecule has 1 aliphatic heterocycles. The van der Waals surface area contributed by atoms with E-state index in [-0.39, 0.29) is 12.9 Å². The van der Waals surface area contributed by atoms with Crippen LogP contribution in [0.2, 0.25) is 0 Å². The molecule has 0 atom stereocenters. The second-order valence-corrected chi connectivity index (χ2v) is 7.95. The third-order valence-corrected chi connectivity index (χ3v) is 5.75. The Kier molecular flexibility index (Phi) is 4.56. The molecule has 0 aliphatic carbocycles. The Bertz CT molecular complexity index is 990. The summed E-state index contributed by atoms with van der Waals surface area (Å²) < 4.78 is 20.6. The molecule has 0 saturated carbocycles. The van der Waals surface area contributed by atoms with Gasteiger partial charge in [0.25, 0.3) is 0 Å². The molecule has 0 amide bonds. The van der Waals surface area contributed by atoms with Crippen LogP contribution in [0.25, 0.3) is 10.8 Å². The second kappa shape index (κ2) is 6.74. The molecule has 4 rings (SSSR count). The van der Waals surface area contributed by atoms with Gasteiger partial charge in [-0.15, -0.1) is 0 Å².